The van der Waals surface area contributed by atoms with Crippen LogP contribution in [0.25, 0.3) is 11.6 Å². The standard InChI is InChI=1S/C16H16N4O2/c1-2-15-17-16(22-19-15)13-8-12-10-21-14(9-20(12)18-13)11-6-4-3-5-7-11/h3-8,14H,2,9-10H2,1H3. The summed E-state index contributed by atoms with van der Waals surface area (Å²) in [6, 6.07) is 12.1. The zero-order valence-corrected chi connectivity index (χ0v) is 12.3. The van der Waals surface area contributed by atoms with Crippen molar-refractivity contribution in [3.63, 3.8) is 0 Å². The van der Waals surface area contributed by atoms with Crippen LogP contribution in [0.5, 0.6) is 0 Å². The van der Waals surface area contributed by atoms with Crippen LogP contribution in [0.2, 0.25) is 0 Å². The second-order valence-corrected chi connectivity index (χ2v) is 5.28. The summed E-state index contributed by atoms with van der Waals surface area (Å²) < 4.78 is 13.2. The van der Waals surface area contributed by atoms with E-state index in [0.717, 1.165) is 17.7 Å². The summed E-state index contributed by atoms with van der Waals surface area (Å²) in [5, 5.41) is 8.50. The minimum absolute atomic E-state index is 0.0235. The van der Waals surface area contributed by atoms with E-state index >= 15 is 0 Å². The van der Waals surface area contributed by atoms with Crippen molar-refractivity contribution in [1.82, 2.24) is 19.9 Å². The van der Waals surface area contributed by atoms with Gasteiger partial charge in [-0.15, -0.1) is 0 Å². The maximum atomic E-state index is 5.94. The lowest BCUT2D eigenvalue weighted by Gasteiger charge is -2.24. The summed E-state index contributed by atoms with van der Waals surface area (Å²) in [4.78, 5) is 4.33. The summed E-state index contributed by atoms with van der Waals surface area (Å²) in [6.45, 7) is 3.21. The van der Waals surface area contributed by atoms with Gasteiger partial charge in [0.05, 0.1) is 18.8 Å². The van der Waals surface area contributed by atoms with Crippen LogP contribution in [0.1, 0.15) is 30.1 Å². The molecule has 3 heterocycles. The zero-order valence-electron chi connectivity index (χ0n) is 12.3. The molecule has 0 spiro atoms. The van der Waals surface area contributed by atoms with E-state index < -0.39 is 0 Å². The van der Waals surface area contributed by atoms with Gasteiger partial charge in [-0.1, -0.05) is 42.4 Å². The Balaban J connectivity index is 1.60. The SMILES string of the molecule is CCc1noc(-c2cc3n(n2)CC(c2ccccc2)OC3)n1. The Bertz CT molecular complexity index is 779. The van der Waals surface area contributed by atoms with E-state index in [0.29, 0.717) is 30.6 Å². The van der Waals surface area contributed by atoms with Crippen molar-refractivity contribution in [2.45, 2.75) is 32.6 Å². The molecule has 22 heavy (non-hydrogen) atoms. The molecule has 0 bridgehead atoms. The molecule has 1 atom stereocenters. The highest BCUT2D eigenvalue weighted by atomic mass is 16.5. The highest BCUT2D eigenvalue weighted by Gasteiger charge is 2.24. The Morgan fingerprint density at radius 2 is 2.14 bits per heavy atom. The fourth-order valence-electron chi connectivity index (χ4n) is 2.60. The summed E-state index contributed by atoms with van der Waals surface area (Å²) in [7, 11) is 0. The normalized spacial score (nSPS) is 17.4. The molecule has 6 heteroatoms. The van der Waals surface area contributed by atoms with Crippen molar-refractivity contribution in [2.24, 2.45) is 0 Å². The van der Waals surface area contributed by atoms with Crippen LogP contribution in [0, 0.1) is 0 Å². The molecule has 0 fully saturated rings. The zero-order chi connectivity index (χ0) is 14.9. The number of rotatable bonds is 3. The monoisotopic (exact) mass is 296 g/mol. The van der Waals surface area contributed by atoms with Gasteiger partial charge in [0.25, 0.3) is 5.89 Å². The summed E-state index contributed by atoms with van der Waals surface area (Å²) >= 11 is 0. The molecule has 112 valence electrons. The van der Waals surface area contributed by atoms with Gasteiger partial charge in [0.1, 0.15) is 6.10 Å². The van der Waals surface area contributed by atoms with E-state index in [9.17, 15) is 0 Å². The second-order valence-electron chi connectivity index (χ2n) is 5.28. The number of nitrogens with zero attached hydrogens (tertiary/aromatic N) is 4. The van der Waals surface area contributed by atoms with Crippen molar-refractivity contribution < 1.29 is 9.26 Å². The smallest absolute Gasteiger partial charge is 0.278 e. The number of hydrogen-bond acceptors (Lipinski definition) is 5. The summed E-state index contributed by atoms with van der Waals surface area (Å²) in [6.07, 6.45) is 0.770. The third-order valence-electron chi connectivity index (χ3n) is 3.81. The van der Waals surface area contributed by atoms with Crippen molar-refractivity contribution in [3.8, 4) is 11.6 Å². The first-order valence-corrected chi connectivity index (χ1v) is 7.39. The van der Waals surface area contributed by atoms with E-state index in [2.05, 4.69) is 27.4 Å². The molecule has 0 aliphatic carbocycles. The van der Waals surface area contributed by atoms with Gasteiger partial charge in [0.2, 0.25) is 0 Å². The van der Waals surface area contributed by atoms with Gasteiger partial charge in [-0.2, -0.15) is 10.1 Å². The second kappa shape index (κ2) is 5.38. The molecule has 2 aromatic heterocycles. The first-order chi connectivity index (χ1) is 10.8. The predicted octanol–water partition coefficient (Wildman–Crippen LogP) is 2.77. The van der Waals surface area contributed by atoms with E-state index in [1.54, 1.807) is 0 Å². The molecule has 3 aromatic rings. The van der Waals surface area contributed by atoms with Crippen LogP contribution >= 0.6 is 0 Å². The molecule has 0 saturated carbocycles. The van der Waals surface area contributed by atoms with Crippen molar-refractivity contribution >= 4 is 0 Å². The number of hydrogen-bond donors (Lipinski definition) is 0. The lowest BCUT2D eigenvalue weighted by Crippen LogP contribution is -2.21. The Hall–Kier alpha value is -2.47. The topological polar surface area (TPSA) is 66.0 Å². The first-order valence-electron chi connectivity index (χ1n) is 7.39. The van der Waals surface area contributed by atoms with Crippen LogP contribution in [-0.4, -0.2) is 19.9 Å². The number of fused-ring (bicyclic) bond motifs is 1. The van der Waals surface area contributed by atoms with Gasteiger partial charge in [0, 0.05) is 6.42 Å². The molecule has 6 nitrogen and oxygen atoms in total. The van der Waals surface area contributed by atoms with Gasteiger partial charge in [-0.3, -0.25) is 4.68 Å². The molecular weight excluding hydrogens is 280 g/mol. The Kier molecular flexibility index (Phi) is 3.23. The Morgan fingerprint density at radius 3 is 2.91 bits per heavy atom. The summed E-state index contributed by atoms with van der Waals surface area (Å²) in [5.41, 5.74) is 2.90. The van der Waals surface area contributed by atoms with E-state index in [1.807, 2.05) is 35.9 Å². The lowest BCUT2D eigenvalue weighted by molar-refractivity contribution is -0.00113. The quantitative estimate of drug-likeness (QED) is 0.743. The van der Waals surface area contributed by atoms with Gasteiger partial charge in [0.15, 0.2) is 11.5 Å². The molecule has 1 aromatic carbocycles. The number of benzene rings is 1. The van der Waals surface area contributed by atoms with Gasteiger partial charge in [-0.05, 0) is 11.6 Å². The van der Waals surface area contributed by atoms with Crippen LogP contribution in [0.4, 0.5) is 0 Å². The highest BCUT2D eigenvalue weighted by Crippen LogP contribution is 2.28. The first kappa shape index (κ1) is 13.2. The van der Waals surface area contributed by atoms with Crippen molar-refractivity contribution in [2.75, 3.05) is 0 Å². The van der Waals surface area contributed by atoms with Crippen molar-refractivity contribution in [3.05, 3.63) is 53.5 Å². The molecule has 1 unspecified atom stereocenters. The largest absolute Gasteiger partial charge is 0.365 e. The van der Waals surface area contributed by atoms with Crippen molar-refractivity contribution in [1.29, 1.82) is 0 Å². The molecule has 4 rings (SSSR count). The van der Waals surface area contributed by atoms with Gasteiger partial charge in [-0.25, -0.2) is 0 Å². The Morgan fingerprint density at radius 1 is 1.27 bits per heavy atom. The maximum absolute atomic E-state index is 5.94. The predicted molar refractivity (Wildman–Crippen MR) is 78.9 cm³/mol. The lowest BCUT2D eigenvalue weighted by atomic mass is 10.1. The fraction of sp³-hybridized carbons (Fsp3) is 0.312. The minimum atomic E-state index is 0.0235. The van der Waals surface area contributed by atoms with Crippen LogP contribution < -0.4 is 0 Å². The molecule has 0 N–H and O–H groups in total. The maximum Gasteiger partial charge on any atom is 0.278 e. The number of ether oxygens (including phenoxy) is 1. The molecule has 0 radical (unpaired) electrons. The van der Waals surface area contributed by atoms with Gasteiger partial charge >= 0.3 is 0 Å². The molecule has 0 amide bonds. The molecular formula is C16H16N4O2. The molecule has 1 aliphatic rings. The summed E-state index contributed by atoms with van der Waals surface area (Å²) in [5.74, 6) is 1.16. The Labute approximate surface area is 127 Å². The van der Waals surface area contributed by atoms with Crippen LogP contribution in [0.15, 0.2) is 40.9 Å². The molecule has 1 aliphatic heterocycles. The van der Waals surface area contributed by atoms with E-state index in [4.69, 9.17) is 9.26 Å². The van der Waals surface area contributed by atoms with Crippen LogP contribution in [-0.2, 0) is 24.3 Å². The third kappa shape index (κ3) is 2.31. The molecule has 0 saturated heterocycles. The van der Waals surface area contributed by atoms with E-state index in [-0.39, 0.29) is 6.10 Å². The number of aromatic nitrogens is 4. The van der Waals surface area contributed by atoms with E-state index in [1.165, 1.54) is 0 Å². The van der Waals surface area contributed by atoms with Crippen LogP contribution in [0.3, 0.4) is 0 Å². The average Bonchev–Trinajstić information content (AvgIpc) is 3.21. The average molecular weight is 296 g/mol. The highest BCUT2D eigenvalue weighted by molar-refractivity contribution is 5.47. The van der Waals surface area contributed by atoms with Gasteiger partial charge < -0.3 is 9.26 Å². The fourth-order valence-corrected chi connectivity index (χ4v) is 2.60. The minimum Gasteiger partial charge on any atom is -0.365 e. The third-order valence-corrected chi connectivity index (χ3v) is 3.81. The number of aryl methyl sites for hydroxylation is 1.